The number of ether oxygens (including phenoxy) is 1. The third-order valence-electron chi connectivity index (χ3n) is 8.17. The average Bonchev–Trinajstić information content (AvgIpc) is 3.49. The van der Waals surface area contributed by atoms with E-state index in [4.69, 9.17) is 10.5 Å². The number of aromatic hydroxyl groups is 1. The summed E-state index contributed by atoms with van der Waals surface area (Å²) in [6.07, 6.45) is 6.60. The van der Waals surface area contributed by atoms with Gasteiger partial charge in [-0.3, -0.25) is 9.59 Å². The minimum absolute atomic E-state index is 0.000490. The minimum Gasteiger partial charge on any atom is -0.508 e. The Bertz CT molecular complexity index is 1320. The molecule has 6 rings (SSSR count). The largest absolute Gasteiger partial charge is 0.508 e. The van der Waals surface area contributed by atoms with Crippen molar-refractivity contribution in [2.24, 2.45) is 11.1 Å². The molecule has 6 nitrogen and oxygen atoms in total. The lowest BCUT2D eigenvalue weighted by molar-refractivity contribution is -0.147. The van der Waals surface area contributed by atoms with Crippen LogP contribution in [-0.2, 0) is 16.1 Å². The fraction of sp³-hybridized carbons (Fsp3) is 0.407. The van der Waals surface area contributed by atoms with Gasteiger partial charge < -0.3 is 20.1 Å². The van der Waals surface area contributed by atoms with Crippen LogP contribution < -0.4 is 5.73 Å². The molecule has 1 aliphatic heterocycles. The molecule has 2 saturated carbocycles. The number of carbonyl (C=O) groups is 2. The van der Waals surface area contributed by atoms with Crippen LogP contribution in [0.5, 0.6) is 5.75 Å². The number of phenols is 1. The van der Waals surface area contributed by atoms with Gasteiger partial charge in [0.15, 0.2) is 0 Å². The molecule has 1 aromatic heterocycles. The Morgan fingerprint density at radius 3 is 2.64 bits per heavy atom. The van der Waals surface area contributed by atoms with Gasteiger partial charge in [0.25, 0.3) is 0 Å². The summed E-state index contributed by atoms with van der Waals surface area (Å²) in [5.74, 6) is -0.0545. The molecule has 2 aromatic carbocycles. The van der Waals surface area contributed by atoms with Crippen molar-refractivity contribution in [3.63, 3.8) is 0 Å². The molecule has 3 N–H and O–H groups in total. The molecule has 33 heavy (non-hydrogen) atoms. The summed E-state index contributed by atoms with van der Waals surface area (Å²) in [5.41, 5.74) is 10.9. The van der Waals surface area contributed by atoms with Crippen LogP contribution in [0.3, 0.4) is 0 Å². The van der Waals surface area contributed by atoms with E-state index in [1.807, 2.05) is 30.3 Å². The average molecular weight is 445 g/mol. The number of aromatic nitrogens is 1. The van der Waals surface area contributed by atoms with E-state index in [9.17, 15) is 14.7 Å². The smallest absolute Gasteiger partial charge is 0.314 e. The van der Waals surface area contributed by atoms with E-state index >= 15 is 0 Å². The van der Waals surface area contributed by atoms with Crippen molar-refractivity contribution in [1.29, 1.82) is 0 Å². The lowest BCUT2D eigenvalue weighted by atomic mass is 9.81. The normalized spacial score (nSPS) is 23.8. The van der Waals surface area contributed by atoms with Gasteiger partial charge in [0.2, 0.25) is 5.91 Å². The summed E-state index contributed by atoms with van der Waals surface area (Å²) in [6.45, 7) is 0.487. The molecule has 1 amide bonds. The number of methoxy groups -OCH3 is 1. The first-order chi connectivity index (χ1) is 15.9. The van der Waals surface area contributed by atoms with Gasteiger partial charge in [-0.05, 0) is 66.6 Å². The topological polar surface area (TPSA) is 94.6 Å². The number of nitrogens with zero attached hydrogens (tertiary/aromatic N) is 1. The number of phenolic OH excluding ortho intramolecular Hbond substituents is 1. The number of hydrogen-bond acceptors (Lipinski definition) is 4. The van der Waals surface area contributed by atoms with Gasteiger partial charge in [-0.1, -0.05) is 25.3 Å². The zero-order chi connectivity index (χ0) is 22.9. The van der Waals surface area contributed by atoms with Crippen molar-refractivity contribution in [3.8, 4) is 17.0 Å². The second kappa shape index (κ2) is 7.11. The van der Waals surface area contributed by atoms with Gasteiger partial charge in [0, 0.05) is 34.5 Å². The van der Waals surface area contributed by atoms with Crippen LogP contribution >= 0.6 is 0 Å². The highest BCUT2D eigenvalue weighted by Gasteiger charge is 2.63. The van der Waals surface area contributed by atoms with E-state index in [1.165, 1.54) is 31.9 Å². The lowest BCUT2D eigenvalue weighted by Crippen LogP contribution is -2.24. The quantitative estimate of drug-likeness (QED) is 0.566. The van der Waals surface area contributed by atoms with E-state index in [0.29, 0.717) is 24.4 Å². The molecule has 6 heteroatoms. The molecule has 0 bridgehead atoms. The maximum atomic E-state index is 13.0. The number of amides is 1. The van der Waals surface area contributed by atoms with E-state index in [-0.39, 0.29) is 17.6 Å². The zero-order valence-corrected chi connectivity index (χ0v) is 18.8. The monoisotopic (exact) mass is 444 g/mol. The van der Waals surface area contributed by atoms with Crippen LogP contribution in [0.15, 0.2) is 36.4 Å². The molecule has 0 spiro atoms. The van der Waals surface area contributed by atoms with Crippen LogP contribution in [-0.4, -0.2) is 28.7 Å². The molecule has 2 heterocycles. The molecule has 2 fully saturated rings. The van der Waals surface area contributed by atoms with Crippen LogP contribution in [0, 0.1) is 5.41 Å². The van der Waals surface area contributed by atoms with Gasteiger partial charge in [-0.25, -0.2) is 0 Å². The number of benzene rings is 2. The van der Waals surface area contributed by atoms with Crippen molar-refractivity contribution in [2.75, 3.05) is 7.11 Å². The first kappa shape index (κ1) is 20.3. The SMILES string of the molecule is COC(=O)C12CC1c1cc(O)ccc1-c1c(C3CCCCC3)c3ccc(C(N)=O)cc3n1C2. The van der Waals surface area contributed by atoms with E-state index in [1.54, 1.807) is 6.07 Å². The summed E-state index contributed by atoms with van der Waals surface area (Å²) < 4.78 is 7.49. The number of nitrogens with two attached hydrogens (primary N) is 1. The summed E-state index contributed by atoms with van der Waals surface area (Å²) >= 11 is 0. The Labute approximate surface area is 192 Å². The Morgan fingerprint density at radius 1 is 1.12 bits per heavy atom. The van der Waals surface area contributed by atoms with Gasteiger partial charge in [0.1, 0.15) is 5.75 Å². The Kier molecular flexibility index (Phi) is 4.38. The van der Waals surface area contributed by atoms with Crippen LogP contribution in [0.1, 0.15) is 71.8 Å². The fourth-order valence-corrected chi connectivity index (χ4v) is 6.51. The van der Waals surface area contributed by atoms with Crippen LogP contribution in [0.2, 0.25) is 0 Å². The lowest BCUT2D eigenvalue weighted by Gasteiger charge is -2.24. The number of hydrogen-bond donors (Lipinski definition) is 2. The molecule has 0 saturated heterocycles. The van der Waals surface area contributed by atoms with Gasteiger partial charge >= 0.3 is 5.97 Å². The van der Waals surface area contributed by atoms with E-state index in [0.717, 1.165) is 40.6 Å². The third-order valence-corrected chi connectivity index (χ3v) is 8.17. The number of rotatable bonds is 3. The second-order valence-electron chi connectivity index (χ2n) is 9.96. The zero-order valence-electron chi connectivity index (χ0n) is 18.8. The number of esters is 1. The maximum Gasteiger partial charge on any atom is 0.314 e. The minimum atomic E-state index is -0.666. The number of fused-ring (bicyclic) bond motifs is 7. The van der Waals surface area contributed by atoms with Gasteiger partial charge in [-0.2, -0.15) is 0 Å². The van der Waals surface area contributed by atoms with E-state index < -0.39 is 11.3 Å². The van der Waals surface area contributed by atoms with Crippen molar-refractivity contribution >= 4 is 22.8 Å². The second-order valence-corrected chi connectivity index (χ2v) is 9.96. The first-order valence-corrected chi connectivity index (χ1v) is 11.8. The third kappa shape index (κ3) is 2.86. The molecular weight excluding hydrogens is 416 g/mol. The maximum absolute atomic E-state index is 13.0. The van der Waals surface area contributed by atoms with Gasteiger partial charge in [-0.15, -0.1) is 0 Å². The molecule has 2 aliphatic carbocycles. The van der Waals surface area contributed by atoms with Crippen LogP contribution in [0.4, 0.5) is 0 Å². The molecule has 3 aromatic rings. The molecule has 0 radical (unpaired) electrons. The Morgan fingerprint density at radius 2 is 1.91 bits per heavy atom. The summed E-state index contributed by atoms with van der Waals surface area (Å²) in [4.78, 5) is 25.1. The molecule has 3 aliphatic rings. The highest BCUT2D eigenvalue weighted by molar-refractivity contribution is 6.01. The van der Waals surface area contributed by atoms with Crippen molar-refractivity contribution in [3.05, 3.63) is 53.1 Å². The summed E-state index contributed by atoms with van der Waals surface area (Å²) in [6, 6.07) is 11.2. The predicted molar refractivity (Wildman–Crippen MR) is 125 cm³/mol. The standard InChI is InChI=1S/C27H28N2O4/c1-33-26(32)27-13-21(27)20-12-17(30)8-10-18(20)24-23(15-5-3-2-4-6-15)19-9-7-16(25(28)31)11-22(19)29(24)14-27/h7-12,15,21,30H,2-6,13-14H2,1H3,(H2,28,31). The van der Waals surface area contributed by atoms with Crippen molar-refractivity contribution < 1.29 is 19.4 Å². The number of carbonyl (C=O) groups excluding carboxylic acids is 2. The van der Waals surface area contributed by atoms with E-state index in [2.05, 4.69) is 4.57 Å². The Balaban J connectivity index is 1.70. The van der Waals surface area contributed by atoms with Crippen LogP contribution in [0.25, 0.3) is 22.2 Å². The Hall–Kier alpha value is -3.28. The molecule has 2 atom stereocenters. The fourth-order valence-electron chi connectivity index (χ4n) is 6.51. The molecule has 170 valence electrons. The van der Waals surface area contributed by atoms with Gasteiger partial charge in [0.05, 0.1) is 18.2 Å². The number of primary amides is 1. The summed E-state index contributed by atoms with van der Waals surface area (Å²) in [7, 11) is 1.44. The molecular formula is C27H28N2O4. The summed E-state index contributed by atoms with van der Waals surface area (Å²) in [5, 5.41) is 11.5. The van der Waals surface area contributed by atoms with Crippen molar-refractivity contribution in [1.82, 2.24) is 4.57 Å². The molecule has 2 unspecified atom stereocenters. The predicted octanol–water partition coefficient (Wildman–Crippen LogP) is 4.82. The highest BCUT2D eigenvalue weighted by Crippen LogP contribution is 2.65. The van der Waals surface area contributed by atoms with Crippen molar-refractivity contribution in [2.45, 2.75) is 56.9 Å². The first-order valence-electron chi connectivity index (χ1n) is 11.8. The highest BCUT2D eigenvalue weighted by atomic mass is 16.5.